The summed E-state index contributed by atoms with van der Waals surface area (Å²) in [4.78, 5) is 20.9. The second-order valence-electron chi connectivity index (χ2n) is 7.49. The molecule has 0 aromatic carbocycles. The van der Waals surface area contributed by atoms with E-state index in [1.807, 2.05) is 4.90 Å². The van der Waals surface area contributed by atoms with Crippen molar-refractivity contribution < 1.29 is 9.90 Å². The predicted molar refractivity (Wildman–Crippen MR) is 90.4 cm³/mol. The number of amides is 1. The van der Waals surface area contributed by atoms with E-state index >= 15 is 0 Å². The fourth-order valence-corrected chi connectivity index (χ4v) is 4.26. The van der Waals surface area contributed by atoms with Gasteiger partial charge in [-0.05, 0) is 32.9 Å². The molecule has 3 aliphatic heterocycles. The van der Waals surface area contributed by atoms with Crippen molar-refractivity contribution in [3.8, 4) is 0 Å². The lowest BCUT2D eigenvalue weighted by atomic mass is 10.0. The van der Waals surface area contributed by atoms with Crippen molar-refractivity contribution in [1.29, 1.82) is 0 Å². The Hall–Kier alpha value is -0.690. The zero-order valence-corrected chi connectivity index (χ0v) is 14.5. The third-order valence-electron chi connectivity index (χ3n) is 5.59. The quantitative estimate of drug-likeness (QED) is 0.751. The van der Waals surface area contributed by atoms with Crippen molar-refractivity contribution in [2.75, 3.05) is 66.0 Å². The van der Waals surface area contributed by atoms with E-state index in [4.69, 9.17) is 0 Å². The molecule has 2 unspecified atom stereocenters. The smallest absolute Gasteiger partial charge is 0.222 e. The standard InChI is InChI=1S/C17H32N4O2/c1-18-6-2-4-15(12-18)20-10-8-19(9-11-20)13-16(22)14-21-7-3-5-17(21)23/h15-16,22H,2-14H2,1H3. The molecule has 0 saturated carbocycles. The van der Waals surface area contributed by atoms with Gasteiger partial charge in [0.1, 0.15) is 0 Å². The molecule has 0 bridgehead atoms. The van der Waals surface area contributed by atoms with E-state index in [1.165, 1.54) is 25.9 Å². The van der Waals surface area contributed by atoms with Crippen molar-refractivity contribution in [3.05, 3.63) is 0 Å². The van der Waals surface area contributed by atoms with Gasteiger partial charge in [0.15, 0.2) is 0 Å². The van der Waals surface area contributed by atoms with E-state index in [0.29, 0.717) is 25.6 Å². The first-order chi connectivity index (χ1) is 11.1. The Bertz CT molecular complexity index is 398. The van der Waals surface area contributed by atoms with Crippen LogP contribution in [0, 0.1) is 0 Å². The van der Waals surface area contributed by atoms with Gasteiger partial charge in [-0.25, -0.2) is 0 Å². The highest BCUT2D eigenvalue weighted by Gasteiger charge is 2.28. The zero-order chi connectivity index (χ0) is 16.2. The van der Waals surface area contributed by atoms with E-state index < -0.39 is 6.10 Å². The first-order valence-electron chi connectivity index (χ1n) is 9.22. The molecule has 0 aromatic heterocycles. The molecule has 1 N–H and O–H groups in total. The summed E-state index contributed by atoms with van der Waals surface area (Å²) in [7, 11) is 2.22. The average Bonchev–Trinajstić information content (AvgIpc) is 2.93. The number of carbonyl (C=O) groups excluding carboxylic acids is 1. The van der Waals surface area contributed by atoms with Gasteiger partial charge in [0.05, 0.1) is 6.10 Å². The number of piperidine rings is 1. The lowest BCUT2D eigenvalue weighted by molar-refractivity contribution is -0.129. The number of nitrogens with zero attached hydrogens (tertiary/aromatic N) is 4. The predicted octanol–water partition coefficient (Wildman–Crippen LogP) is -0.318. The number of hydrogen-bond acceptors (Lipinski definition) is 5. The Labute approximate surface area is 140 Å². The van der Waals surface area contributed by atoms with Gasteiger partial charge in [-0.15, -0.1) is 0 Å². The van der Waals surface area contributed by atoms with E-state index in [1.54, 1.807) is 0 Å². The molecule has 0 aromatic rings. The number of likely N-dealkylation sites (N-methyl/N-ethyl adjacent to an activating group) is 1. The third-order valence-corrected chi connectivity index (χ3v) is 5.59. The summed E-state index contributed by atoms with van der Waals surface area (Å²) in [5.74, 6) is 0.204. The minimum absolute atomic E-state index is 0.204. The number of aliphatic hydroxyl groups is 1. The fraction of sp³-hybridized carbons (Fsp3) is 0.941. The maximum absolute atomic E-state index is 11.6. The SMILES string of the molecule is CN1CCCC(N2CCN(CC(O)CN3CCCC3=O)CC2)C1. The van der Waals surface area contributed by atoms with E-state index in [0.717, 1.165) is 39.1 Å². The number of carbonyl (C=O) groups is 1. The van der Waals surface area contributed by atoms with Crippen LogP contribution in [0.4, 0.5) is 0 Å². The number of likely N-dealkylation sites (tertiary alicyclic amines) is 2. The number of rotatable bonds is 5. The summed E-state index contributed by atoms with van der Waals surface area (Å²) >= 11 is 0. The van der Waals surface area contributed by atoms with Crippen molar-refractivity contribution in [3.63, 3.8) is 0 Å². The van der Waals surface area contributed by atoms with Crippen molar-refractivity contribution >= 4 is 5.91 Å². The molecule has 3 aliphatic rings. The lowest BCUT2D eigenvalue weighted by Crippen LogP contribution is -2.55. The molecule has 1 amide bonds. The summed E-state index contributed by atoms with van der Waals surface area (Å²) in [6, 6.07) is 0.711. The minimum atomic E-state index is -0.413. The Morgan fingerprint density at radius 1 is 1.09 bits per heavy atom. The highest BCUT2D eigenvalue weighted by atomic mass is 16.3. The van der Waals surface area contributed by atoms with Gasteiger partial charge in [-0.1, -0.05) is 0 Å². The van der Waals surface area contributed by atoms with Crippen LogP contribution in [0.2, 0.25) is 0 Å². The van der Waals surface area contributed by atoms with Gasteiger partial charge < -0.3 is 14.9 Å². The highest BCUT2D eigenvalue weighted by molar-refractivity contribution is 5.78. The molecule has 3 heterocycles. The van der Waals surface area contributed by atoms with E-state index in [9.17, 15) is 9.90 Å². The second kappa shape index (κ2) is 7.92. The van der Waals surface area contributed by atoms with Crippen LogP contribution < -0.4 is 0 Å². The van der Waals surface area contributed by atoms with Crippen LogP contribution in [0.3, 0.4) is 0 Å². The first kappa shape index (κ1) is 17.1. The van der Waals surface area contributed by atoms with Crippen LogP contribution in [0.15, 0.2) is 0 Å². The van der Waals surface area contributed by atoms with Crippen LogP contribution in [-0.2, 0) is 4.79 Å². The summed E-state index contributed by atoms with van der Waals surface area (Å²) < 4.78 is 0. The molecule has 0 spiro atoms. The lowest BCUT2D eigenvalue weighted by Gasteiger charge is -2.43. The van der Waals surface area contributed by atoms with Crippen molar-refractivity contribution in [2.24, 2.45) is 0 Å². The minimum Gasteiger partial charge on any atom is -0.390 e. The molecular weight excluding hydrogens is 292 g/mol. The van der Waals surface area contributed by atoms with Crippen LogP contribution in [0.25, 0.3) is 0 Å². The molecule has 3 fully saturated rings. The molecule has 3 saturated heterocycles. The monoisotopic (exact) mass is 324 g/mol. The zero-order valence-electron chi connectivity index (χ0n) is 14.5. The van der Waals surface area contributed by atoms with E-state index in [2.05, 4.69) is 21.7 Å². The number of β-amino-alcohol motifs (C(OH)–C–C–N with tert-alkyl or cyclic N) is 1. The average molecular weight is 324 g/mol. The van der Waals surface area contributed by atoms with Crippen LogP contribution in [0.5, 0.6) is 0 Å². The fourth-order valence-electron chi connectivity index (χ4n) is 4.26. The molecule has 3 rings (SSSR count). The molecule has 0 radical (unpaired) electrons. The number of aliphatic hydroxyl groups excluding tert-OH is 1. The molecule has 6 nitrogen and oxygen atoms in total. The van der Waals surface area contributed by atoms with Gasteiger partial charge in [0.25, 0.3) is 0 Å². The van der Waals surface area contributed by atoms with Gasteiger partial charge in [-0.2, -0.15) is 0 Å². The summed E-state index contributed by atoms with van der Waals surface area (Å²) in [6.07, 6.45) is 3.82. The van der Waals surface area contributed by atoms with Gasteiger partial charge in [0, 0.05) is 64.8 Å². The topological polar surface area (TPSA) is 50.3 Å². The largest absolute Gasteiger partial charge is 0.390 e. The summed E-state index contributed by atoms with van der Waals surface area (Å²) in [5.41, 5.74) is 0. The molecule has 23 heavy (non-hydrogen) atoms. The van der Waals surface area contributed by atoms with Gasteiger partial charge in [-0.3, -0.25) is 14.6 Å². The van der Waals surface area contributed by atoms with Crippen LogP contribution in [0.1, 0.15) is 25.7 Å². The summed E-state index contributed by atoms with van der Waals surface area (Å²) in [6.45, 7) is 8.73. The summed E-state index contributed by atoms with van der Waals surface area (Å²) in [5, 5.41) is 10.3. The maximum atomic E-state index is 11.6. The molecule has 6 heteroatoms. The number of hydrogen-bond donors (Lipinski definition) is 1. The van der Waals surface area contributed by atoms with Crippen molar-refractivity contribution in [1.82, 2.24) is 19.6 Å². The Balaban J connectivity index is 1.37. The maximum Gasteiger partial charge on any atom is 0.222 e. The van der Waals surface area contributed by atoms with Crippen LogP contribution >= 0.6 is 0 Å². The normalized spacial score (nSPS) is 30.1. The molecule has 2 atom stereocenters. The first-order valence-corrected chi connectivity index (χ1v) is 9.22. The van der Waals surface area contributed by atoms with Gasteiger partial charge in [0.2, 0.25) is 5.91 Å². The molecule has 132 valence electrons. The second-order valence-corrected chi connectivity index (χ2v) is 7.49. The number of piperazine rings is 1. The van der Waals surface area contributed by atoms with E-state index in [-0.39, 0.29) is 5.91 Å². The van der Waals surface area contributed by atoms with Crippen LogP contribution in [-0.4, -0.2) is 109 Å². The van der Waals surface area contributed by atoms with Gasteiger partial charge >= 0.3 is 0 Å². The Kier molecular flexibility index (Phi) is 5.91. The Morgan fingerprint density at radius 2 is 1.87 bits per heavy atom. The Morgan fingerprint density at radius 3 is 2.52 bits per heavy atom. The molecular formula is C17H32N4O2. The van der Waals surface area contributed by atoms with Crippen molar-refractivity contribution in [2.45, 2.75) is 37.8 Å². The highest BCUT2D eigenvalue weighted by Crippen LogP contribution is 2.17. The molecule has 0 aliphatic carbocycles. The third kappa shape index (κ3) is 4.66.